The van der Waals surface area contributed by atoms with Gasteiger partial charge in [0, 0.05) is 16.7 Å². The van der Waals surface area contributed by atoms with E-state index in [-0.39, 0.29) is 17.8 Å². The van der Waals surface area contributed by atoms with Crippen LogP contribution in [0.3, 0.4) is 0 Å². The Balaban J connectivity index is 3.02. The van der Waals surface area contributed by atoms with Gasteiger partial charge in [-0.25, -0.2) is 4.98 Å². The summed E-state index contributed by atoms with van der Waals surface area (Å²) >= 11 is 2.99. The van der Waals surface area contributed by atoms with Gasteiger partial charge in [-0.1, -0.05) is 6.92 Å². The van der Waals surface area contributed by atoms with E-state index in [1.165, 1.54) is 6.20 Å². The molecule has 0 saturated heterocycles. The summed E-state index contributed by atoms with van der Waals surface area (Å²) in [5.41, 5.74) is 4.70. The van der Waals surface area contributed by atoms with Crippen LogP contribution in [0.4, 0.5) is 19.0 Å². The average Bonchev–Trinajstić information content (AvgIpc) is 2.28. The number of hydrogen-bond donors (Lipinski definition) is 2. The Morgan fingerprint density at radius 3 is 2.56 bits per heavy atom. The summed E-state index contributed by atoms with van der Waals surface area (Å²) < 4.78 is 38.8. The van der Waals surface area contributed by atoms with Crippen LogP contribution in [0.1, 0.15) is 19.4 Å². The van der Waals surface area contributed by atoms with Crippen LogP contribution >= 0.6 is 15.9 Å². The van der Waals surface area contributed by atoms with Crippen molar-refractivity contribution in [2.24, 2.45) is 11.7 Å². The Morgan fingerprint density at radius 1 is 1.44 bits per heavy atom. The molecule has 0 spiro atoms. The van der Waals surface area contributed by atoms with Crippen LogP contribution in [0.25, 0.3) is 0 Å². The first-order valence-corrected chi connectivity index (χ1v) is 6.24. The maximum absolute atomic E-state index is 12.8. The van der Waals surface area contributed by atoms with Crippen molar-refractivity contribution >= 4 is 21.7 Å². The lowest BCUT2D eigenvalue weighted by atomic mass is 10.0. The maximum atomic E-state index is 12.8. The highest BCUT2D eigenvalue weighted by atomic mass is 79.9. The minimum Gasteiger partial charge on any atom is -0.367 e. The normalized spacial score (nSPS) is 15.3. The largest absolute Gasteiger partial charge is 0.419 e. The summed E-state index contributed by atoms with van der Waals surface area (Å²) in [6.07, 6.45) is -3.11. The molecule has 1 aromatic rings. The van der Waals surface area contributed by atoms with Crippen LogP contribution in [0.15, 0.2) is 16.7 Å². The van der Waals surface area contributed by atoms with Crippen molar-refractivity contribution in [3.05, 3.63) is 22.3 Å². The van der Waals surface area contributed by atoms with Gasteiger partial charge in [-0.3, -0.25) is 0 Å². The van der Waals surface area contributed by atoms with Gasteiger partial charge in [0.1, 0.15) is 5.82 Å². The number of nitrogens with two attached hydrogens (primary N) is 1. The fraction of sp³-hybridized carbons (Fsp3) is 0.545. The Morgan fingerprint density at radius 2 is 2.06 bits per heavy atom. The fourth-order valence-corrected chi connectivity index (χ4v) is 1.66. The van der Waals surface area contributed by atoms with Crippen molar-refractivity contribution in [2.75, 3.05) is 11.9 Å². The minimum atomic E-state index is -4.44. The summed E-state index contributed by atoms with van der Waals surface area (Å²) in [7, 11) is 0. The van der Waals surface area contributed by atoms with E-state index in [1.54, 1.807) is 6.92 Å². The Bertz CT molecular complexity index is 409. The molecule has 102 valence electrons. The summed E-state index contributed by atoms with van der Waals surface area (Å²) in [6, 6.07) is 0.819. The third-order valence-electron chi connectivity index (χ3n) is 2.75. The molecule has 0 aliphatic heterocycles. The van der Waals surface area contributed by atoms with E-state index in [0.29, 0.717) is 11.0 Å². The van der Waals surface area contributed by atoms with Gasteiger partial charge >= 0.3 is 6.18 Å². The van der Waals surface area contributed by atoms with Crippen LogP contribution in [0, 0.1) is 5.92 Å². The molecule has 18 heavy (non-hydrogen) atoms. The van der Waals surface area contributed by atoms with Crippen LogP contribution in [0.5, 0.6) is 0 Å². The molecule has 0 aliphatic rings. The lowest BCUT2D eigenvalue weighted by Crippen LogP contribution is -2.30. The Hall–Kier alpha value is -0.820. The number of hydrogen-bond acceptors (Lipinski definition) is 3. The molecule has 0 aromatic carbocycles. The van der Waals surface area contributed by atoms with Gasteiger partial charge < -0.3 is 11.1 Å². The summed E-state index contributed by atoms with van der Waals surface area (Å²) in [5.74, 6) is -0.116. The van der Waals surface area contributed by atoms with E-state index in [1.807, 2.05) is 6.92 Å². The molecule has 0 amide bonds. The second-order valence-corrected chi connectivity index (χ2v) is 5.11. The highest BCUT2D eigenvalue weighted by molar-refractivity contribution is 9.10. The number of anilines is 1. The highest BCUT2D eigenvalue weighted by Crippen LogP contribution is 2.35. The lowest BCUT2D eigenvalue weighted by molar-refractivity contribution is -0.137. The van der Waals surface area contributed by atoms with Crippen LogP contribution in [-0.2, 0) is 6.18 Å². The smallest absolute Gasteiger partial charge is 0.367 e. The molecule has 1 rings (SSSR count). The molecule has 0 radical (unpaired) electrons. The molecule has 0 fully saturated rings. The molecular formula is C11H15BrF3N3. The predicted molar refractivity (Wildman–Crippen MR) is 68.2 cm³/mol. The van der Waals surface area contributed by atoms with Crippen molar-refractivity contribution < 1.29 is 13.2 Å². The van der Waals surface area contributed by atoms with Crippen LogP contribution in [-0.4, -0.2) is 17.6 Å². The quantitative estimate of drug-likeness (QED) is 0.893. The van der Waals surface area contributed by atoms with Gasteiger partial charge in [-0.05, 0) is 41.4 Å². The summed E-state index contributed by atoms with van der Waals surface area (Å²) in [5, 5.41) is 2.76. The third-order valence-corrected chi connectivity index (χ3v) is 3.18. The highest BCUT2D eigenvalue weighted by Gasteiger charge is 2.35. The first-order chi connectivity index (χ1) is 8.25. The SMILES string of the molecule is CC(CN)C(C)Nc1ncc(Br)cc1C(F)(F)F. The van der Waals surface area contributed by atoms with Crippen molar-refractivity contribution in [1.29, 1.82) is 0 Å². The van der Waals surface area contributed by atoms with Gasteiger partial charge in [0.25, 0.3) is 0 Å². The zero-order valence-corrected chi connectivity index (χ0v) is 11.6. The number of pyridine rings is 1. The van der Waals surface area contributed by atoms with E-state index in [2.05, 4.69) is 26.2 Å². The van der Waals surface area contributed by atoms with Gasteiger partial charge in [0.05, 0.1) is 5.56 Å². The number of aromatic nitrogens is 1. The Labute approximate surface area is 112 Å². The van der Waals surface area contributed by atoms with Gasteiger partial charge in [-0.15, -0.1) is 0 Å². The first-order valence-electron chi connectivity index (χ1n) is 5.45. The molecule has 1 heterocycles. The molecule has 2 unspecified atom stereocenters. The van der Waals surface area contributed by atoms with Gasteiger partial charge in [0.2, 0.25) is 0 Å². The topological polar surface area (TPSA) is 50.9 Å². The monoisotopic (exact) mass is 325 g/mol. The number of halogens is 4. The van der Waals surface area contributed by atoms with Crippen molar-refractivity contribution in [3.8, 4) is 0 Å². The van der Waals surface area contributed by atoms with Crippen LogP contribution < -0.4 is 11.1 Å². The van der Waals surface area contributed by atoms with Crippen molar-refractivity contribution in [2.45, 2.75) is 26.1 Å². The third kappa shape index (κ3) is 3.84. The molecule has 3 N–H and O–H groups in total. The minimum absolute atomic E-state index is 0.0523. The molecular weight excluding hydrogens is 311 g/mol. The molecule has 0 aliphatic carbocycles. The second-order valence-electron chi connectivity index (χ2n) is 4.19. The average molecular weight is 326 g/mol. The predicted octanol–water partition coefficient (Wildman–Crippen LogP) is 3.26. The maximum Gasteiger partial charge on any atom is 0.419 e. The zero-order valence-electron chi connectivity index (χ0n) is 10.1. The van der Waals surface area contributed by atoms with Crippen molar-refractivity contribution in [3.63, 3.8) is 0 Å². The standard InChI is InChI=1S/C11H15BrF3N3/c1-6(4-16)7(2)18-10-9(11(13,14)15)3-8(12)5-17-10/h3,5-7H,4,16H2,1-2H3,(H,17,18). The molecule has 0 saturated carbocycles. The molecule has 0 bridgehead atoms. The van der Waals surface area contributed by atoms with Crippen molar-refractivity contribution in [1.82, 2.24) is 4.98 Å². The van der Waals surface area contributed by atoms with Gasteiger partial charge in [-0.2, -0.15) is 13.2 Å². The van der Waals surface area contributed by atoms with E-state index in [9.17, 15) is 13.2 Å². The summed E-state index contributed by atoms with van der Waals surface area (Å²) in [4.78, 5) is 3.78. The number of rotatable bonds is 4. The second kappa shape index (κ2) is 5.88. The number of alkyl halides is 3. The van der Waals surface area contributed by atoms with E-state index >= 15 is 0 Å². The van der Waals surface area contributed by atoms with E-state index in [4.69, 9.17) is 5.73 Å². The molecule has 7 heteroatoms. The molecule has 3 nitrogen and oxygen atoms in total. The lowest BCUT2D eigenvalue weighted by Gasteiger charge is -2.22. The van der Waals surface area contributed by atoms with E-state index in [0.717, 1.165) is 6.07 Å². The van der Waals surface area contributed by atoms with E-state index < -0.39 is 11.7 Å². The Kier molecular flexibility index (Phi) is 4.98. The summed E-state index contributed by atoms with van der Waals surface area (Å²) in [6.45, 7) is 4.04. The van der Waals surface area contributed by atoms with Crippen LogP contribution in [0.2, 0.25) is 0 Å². The number of nitrogens with zero attached hydrogens (tertiary/aromatic N) is 1. The number of nitrogens with one attached hydrogen (secondary N) is 1. The van der Waals surface area contributed by atoms with Gasteiger partial charge in [0.15, 0.2) is 0 Å². The zero-order chi connectivity index (χ0) is 13.9. The fourth-order valence-electron chi connectivity index (χ4n) is 1.33. The molecule has 1 aromatic heterocycles. The first kappa shape index (κ1) is 15.2. The molecule has 2 atom stereocenters.